The Balaban J connectivity index is 2.23. The van der Waals surface area contributed by atoms with Crippen LogP contribution in [0.25, 0.3) is 0 Å². The van der Waals surface area contributed by atoms with E-state index in [9.17, 15) is 4.79 Å². The Labute approximate surface area is 94.7 Å². The Morgan fingerprint density at radius 1 is 1.38 bits per heavy atom. The molecule has 1 aromatic heterocycles. The van der Waals surface area contributed by atoms with Crippen LogP contribution in [0.5, 0.6) is 0 Å². The molecular formula is C13H14N2O. The largest absolute Gasteiger partial charge is 0.296 e. The van der Waals surface area contributed by atoms with E-state index >= 15 is 0 Å². The molecule has 0 bridgehead atoms. The molecular weight excluding hydrogens is 200 g/mol. The van der Waals surface area contributed by atoms with Gasteiger partial charge in [-0.1, -0.05) is 29.8 Å². The number of benzene rings is 1. The number of nitrogens with zero attached hydrogens (tertiary/aromatic N) is 2. The van der Waals surface area contributed by atoms with Crippen LogP contribution in [-0.4, -0.2) is 16.1 Å². The van der Waals surface area contributed by atoms with Crippen LogP contribution in [0.1, 0.15) is 27.3 Å². The summed E-state index contributed by atoms with van der Waals surface area (Å²) in [5.74, 6) is 0. The van der Waals surface area contributed by atoms with E-state index in [1.54, 1.807) is 11.7 Å². The second kappa shape index (κ2) is 4.31. The summed E-state index contributed by atoms with van der Waals surface area (Å²) in [7, 11) is 1.78. The van der Waals surface area contributed by atoms with Crippen molar-refractivity contribution in [3.8, 4) is 0 Å². The lowest BCUT2D eigenvalue weighted by atomic mass is 10.1. The molecule has 0 aliphatic carbocycles. The highest BCUT2D eigenvalue weighted by atomic mass is 16.1. The molecule has 0 N–H and O–H groups in total. The Morgan fingerprint density at radius 3 is 2.81 bits per heavy atom. The van der Waals surface area contributed by atoms with Crippen LogP contribution in [0.3, 0.4) is 0 Å². The summed E-state index contributed by atoms with van der Waals surface area (Å²) < 4.78 is 1.61. The molecule has 3 nitrogen and oxygen atoms in total. The fourth-order valence-corrected chi connectivity index (χ4v) is 1.77. The zero-order chi connectivity index (χ0) is 11.5. The van der Waals surface area contributed by atoms with Crippen LogP contribution in [-0.2, 0) is 13.5 Å². The highest BCUT2D eigenvalue weighted by Crippen LogP contribution is 2.10. The average molecular weight is 214 g/mol. The number of carbonyl (C=O) groups is 1. The molecule has 0 fully saturated rings. The molecule has 0 unspecified atom stereocenters. The zero-order valence-electron chi connectivity index (χ0n) is 9.47. The first-order valence-corrected chi connectivity index (χ1v) is 5.22. The first kappa shape index (κ1) is 10.6. The van der Waals surface area contributed by atoms with Gasteiger partial charge in [0.2, 0.25) is 0 Å². The van der Waals surface area contributed by atoms with Crippen molar-refractivity contribution in [1.82, 2.24) is 9.78 Å². The Bertz CT molecular complexity index is 514. The minimum Gasteiger partial charge on any atom is -0.296 e. The number of aromatic nitrogens is 2. The van der Waals surface area contributed by atoms with E-state index in [2.05, 4.69) is 30.2 Å². The van der Waals surface area contributed by atoms with Crippen molar-refractivity contribution in [1.29, 1.82) is 0 Å². The van der Waals surface area contributed by atoms with Crippen LogP contribution in [0.4, 0.5) is 0 Å². The summed E-state index contributed by atoms with van der Waals surface area (Å²) in [4.78, 5) is 10.7. The van der Waals surface area contributed by atoms with E-state index in [-0.39, 0.29) is 0 Å². The number of hydrogen-bond acceptors (Lipinski definition) is 2. The molecule has 0 aliphatic heterocycles. The third kappa shape index (κ3) is 2.19. The number of rotatable bonds is 3. The fourth-order valence-electron chi connectivity index (χ4n) is 1.77. The highest BCUT2D eigenvalue weighted by molar-refractivity contribution is 5.72. The minimum absolute atomic E-state index is 0.614. The van der Waals surface area contributed by atoms with Gasteiger partial charge >= 0.3 is 0 Å². The standard InChI is InChI=1S/C13H14N2O/c1-10-4-3-5-11(6-10)7-12-8-13(9-16)15(2)14-12/h3-6,8-9H,7H2,1-2H3. The fraction of sp³-hybridized carbons (Fsp3) is 0.231. The molecule has 0 spiro atoms. The average Bonchev–Trinajstić information content (AvgIpc) is 2.58. The van der Waals surface area contributed by atoms with Gasteiger partial charge in [0, 0.05) is 13.5 Å². The van der Waals surface area contributed by atoms with E-state index < -0.39 is 0 Å². The van der Waals surface area contributed by atoms with E-state index in [0.717, 1.165) is 18.4 Å². The van der Waals surface area contributed by atoms with Crippen molar-refractivity contribution >= 4 is 6.29 Å². The quantitative estimate of drug-likeness (QED) is 0.734. The van der Waals surface area contributed by atoms with Crippen LogP contribution in [0.2, 0.25) is 0 Å². The van der Waals surface area contributed by atoms with Crippen molar-refractivity contribution in [2.45, 2.75) is 13.3 Å². The molecule has 0 atom stereocenters. The second-order valence-corrected chi connectivity index (χ2v) is 3.97. The van der Waals surface area contributed by atoms with E-state index in [4.69, 9.17) is 0 Å². The molecule has 2 rings (SSSR count). The lowest BCUT2D eigenvalue weighted by molar-refractivity contribution is 0.111. The number of carbonyl (C=O) groups excluding carboxylic acids is 1. The summed E-state index contributed by atoms with van der Waals surface area (Å²) >= 11 is 0. The van der Waals surface area contributed by atoms with Gasteiger partial charge in [-0.15, -0.1) is 0 Å². The van der Waals surface area contributed by atoms with Gasteiger partial charge < -0.3 is 0 Å². The molecule has 1 aromatic carbocycles. The third-order valence-corrected chi connectivity index (χ3v) is 2.56. The molecule has 0 radical (unpaired) electrons. The maximum Gasteiger partial charge on any atom is 0.168 e. The first-order chi connectivity index (χ1) is 7.69. The highest BCUT2D eigenvalue weighted by Gasteiger charge is 2.04. The number of hydrogen-bond donors (Lipinski definition) is 0. The SMILES string of the molecule is Cc1cccc(Cc2cc(C=O)n(C)n2)c1. The molecule has 0 amide bonds. The van der Waals surface area contributed by atoms with E-state index in [1.807, 2.05) is 12.1 Å². The van der Waals surface area contributed by atoms with Crippen LogP contribution in [0.15, 0.2) is 30.3 Å². The lowest BCUT2D eigenvalue weighted by Crippen LogP contribution is -1.96. The first-order valence-electron chi connectivity index (χ1n) is 5.22. The molecule has 0 aliphatic rings. The molecule has 0 saturated carbocycles. The third-order valence-electron chi connectivity index (χ3n) is 2.56. The predicted molar refractivity (Wildman–Crippen MR) is 62.6 cm³/mol. The summed E-state index contributed by atoms with van der Waals surface area (Å²) in [6, 6.07) is 10.1. The summed E-state index contributed by atoms with van der Waals surface area (Å²) in [6.07, 6.45) is 1.59. The molecule has 16 heavy (non-hydrogen) atoms. The van der Waals surface area contributed by atoms with Gasteiger partial charge in [-0.3, -0.25) is 9.48 Å². The van der Waals surface area contributed by atoms with Crippen LogP contribution in [0, 0.1) is 6.92 Å². The van der Waals surface area contributed by atoms with E-state index in [0.29, 0.717) is 5.69 Å². The van der Waals surface area contributed by atoms with Crippen molar-refractivity contribution < 1.29 is 4.79 Å². The molecule has 2 aromatic rings. The summed E-state index contributed by atoms with van der Waals surface area (Å²) in [5.41, 5.74) is 4.00. The van der Waals surface area contributed by atoms with Gasteiger partial charge in [-0.25, -0.2) is 0 Å². The monoisotopic (exact) mass is 214 g/mol. The lowest BCUT2D eigenvalue weighted by Gasteiger charge is -1.99. The minimum atomic E-state index is 0.614. The van der Waals surface area contributed by atoms with Crippen LogP contribution < -0.4 is 0 Å². The van der Waals surface area contributed by atoms with Gasteiger partial charge in [0.25, 0.3) is 0 Å². The van der Waals surface area contributed by atoms with Crippen molar-refractivity contribution in [2.24, 2.45) is 7.05 Å². The van der Waals surface area contributed by atoms with Crippen molar-refractivity contribution in [2.75, 3.05) is 0 Å². The maximum absolute atomic E-state index is 10.7. The molecule has 3 heteroatoms. The zero-order valence-corrected chi connectivity index (χ0v) is 9.47. The van der Waals surface area contributed by atoms with Gasteiger partial charge in [-0.05, 0) is 18.6 Å². The molecule has 82 valence electrons. The second-order valence-electron chi connectivity index (χ2n) is 3.97. The van der Waals surface area contributed by atoms with E-state index in [1.165, 1.54) is 11.1 Å². The molecule has 0 saturated heterocycles. The Kier molecular flexibility index (Phi) is 2.86. The van der Waals surface area contributed by atoms with Crippen molar-refractivity contribution in [3.05, 3.63) is 52.8 Å². The van der Waals surface area contributed by atoms with Crippen LogP contribution >= 0.6 is 0 Å². The summed E-state index contributed by atoms with van der Waals surface area (Å²) in [5, 5.41) is 4.29. The predicted octanol–water partition coefficient (Wildman–Crippen LogP) is 2.13. The smallest absolute Gasteiger partial charge is 0.168 e. The topological polar surface area (TPSA) is 34.9 Å². The van der Waals surface area contributed by atoms with Gasteiger partial charge in [0.1, 0.15) is 5.69 Å². The number of aryl methyl sites for hydroxylation is 2. The molecule has 1 heterocycles. The van der Waals surface area contributed by atoms with Crippen molar-refractivity contribution in [3.63, 3.8) is 0 Å². The van der Waals surface area contributed by atoms with Gasteiger partial charge in [-0.2, -0.15) is 5.10 Å². The van der Waals surface area contributed by atoms with Gasteiger partial charge in [0.05, 0.1) is 5.69 Å². The normalized spacial score (nSPS) is 10.4. The maximum atomic E-state index is 10.7. The summed E-state index contributed by atoms with van der Waals surface area (Å²) in [6.45, 7) is 2.07. The Morgan fingerprint density at radius 2 is 2.19 bits per heavy atom. The van der Waals surface area contributed by atoms with Gasteiger partial charge in [0.15, 0.2) is 6.29 Å². The Hall–Kier alpha value is -1.90. The number of aldehydes is 1.